The fourth-order valence-corrected chi connectivity index (χ4v) is 3.37. The molecular formula is C15H13ClN2OS. The van der Waals surface area contributed by atoms with Crippen molar-refractivity contribution in [3.05, 3.63) is 58.1 Å². The summed E-state index contributed by atoms with van der Waals surface area (Å²) >= 11 is 7.46. The number of fused-ring (bicyclic) bond motifs is 1. The monoisotopic (exact) mass is 304 g/mol. The van der Waals surface area contributed by atoms with Gasteiger partial charge in [-0.25, -0.2) is 0 Å². The Morgan fingerprint density at radius 2 is 2.05 bits per heavy atom. The van der Waals surface area contributed by atoms with Gasteiger partial charge in [-0.2, -0.15) is 0 Å². The van der Waals surface area contributed by atoms with E-state index in [1.807, 2.05) is 54.1 Å². The molecule has 1 aromatic carbocycles. The summed E-state index contributed by atoms with van der Waals surface area (Å²) in [5, 5.41) is 2.93. The molecule has 0 saturated heterocycles. The molecule has 2 aromatic heterocycles. The quantitative estimate of drug-likeness (QED) is 0.784. The van der Waals surface area contributed by atoms with Gasteiger partial charge < -0.3 is 9.88 Å². The summed E-state index contributed by atoms with van der Waals surface area (Å²) in [7, 11) is 1.88. The number of benzene rings is 1. The van der Waals surface area contributed by atoms with Crippen molar-refractivity contribution in [3.8, 4) is 0 Å². The first kappa shape index (κ1) is 13.2. The van der Waals surface area contributed by atoms with E-state index < -0.39 is 0 Å². The van der Waals surface area contributed by atoms with Crippen LogP contribution in [0.2, 0.25) is 4.34 Å². The standard InChI is InChI=1S/C15H13ClN2OS/c1-18-11-8-14(16)20-13(11)7-12(18)15(19)17-9-10-5-3-2-4-6-10/h2-8H,9H2,1H3,(H,17,19). The smallest absolute Gasteiger partial charge is 0.268 e. The van der Waals surface area contributed by atoms with Crippen molar-refractivity contribution in [1.29, 1.82) is 0 Å². The SMILES string of the molecule is Cn1c(C(=O)NCc2ccccc2)cc2sc(Cl)cc21. The van der Waals surface area contributed by atoms with Gasteiger partial charge in [0.2, 0.25) is 0 Å². The number of aryl methyl sites for hydroxylation is 1. The van der Waals surface area contributed by atoms with Crippen LogP contribution < -0.4 is 5.32 Å². The minimum absolute atomic E-state index is 0.0733. The highest BCUT2D eigenvalue weighted by Gasteiger charge is 2.14. The Morgan fingerprint density at radius 3 is 2.75 bits per heavy atom. The van der Waals surface area contributed by atoms with Crippen LogP contribution in [0.25, 0.3) is 10.2 Å². The molecule has 20 heavy (non-hydrogen) atoms. The first-order chi connectivity index (χ1) is 9.65. The maximum absolute atomic E-state index is 12.2. The highest BCUT2D eigenvalue weighted by atomic mass is 35.5. The fraction of sp³-hybridized carbons (Fsp3) is 0.133. The Hall–Kier alpha value is -1.78. The van der Waals surface area contributed by atoms with E-state index in [9.17, 15) is 4.79 Å². The summed E-state index contributed by atoms with van der Waals surface area (Å²) in [6.07, 6.45) is 0. The van der Waals surface area contributed by atoms with Gasteiger partial charge in [-0.3, -0.25) is 4.79 Å². The Balaban J connectivity index is 1.79. The third-order valence-corrected chi connectivity index (χ3v) is 4.43. The van der Waals surface area contributed by atoms with Gasteiger partial charge in [-0.1, -0.05) is 41.9 Å². The molecule has 0 saturated carbocycles. The van der Waals surface area contributed by atoms with Gasteiger partial charge in [0.1, 0.15) is 5.69 Å². The minimum Gasteiger partial charge on any atom is -0.347 e. The lowest BCUT2D eigenvalue weighted by Crippen LogP contribution is -2.24. The van der Waals surface area contributed by atoms with Crippen molar-refractivity contribution in [2.45, 2.75) is 6.54 Å². The number of nitrogens with zero attached hydrogens (tertiary/aromatic N) is 1. The third kappa shape index (κ3) is 2.44. The molecule has 1 amide bonds. The normalized spacial score (nSPS) is 10.9. The number of amides is 1. The number of aromatic nitrogens is 1. The second-order valence-corrected chi connectivity index (χ2v) is 6.27. The molecule has 0 fully saturated rings. The first-order valence-corrected chi connectivity index (χ1v) is 7.41. The largest absolute Gasteiger partial charge is 0.347 e. The van der Waals surface area contributed by atoms with E-state index in [1.54, 1.807) is 0 Å². The molecule has 3 nitrogen and oxygen atoms in total. The van der Waals surface area contributed by atoms with E-state index in [-0.39, 0.29) is 5.91 Å². The van der Waals surface area contributed by atoms with E-state index in [0.717, 1.165) is 20.1 Å². The fourth-order valence-electron chi connectivity index (χ4n) is 2.17. The lowest BCUT2D eigenvalue weighted by Gasteiger charge is -2.06. The van der Waals surface area contributed by atoms with Gasteiger partial charge in [0.25, 0.3) is 5.91 Å². The zero-order chi connectivity index (χ0) is 14.1. The van der Waals surface area contributed by atoms with Crippen LogP contribution in [0, 0.1) is 0 Å². The summed E-state index contributed by atoms with van der Waals surface area (Å²) in [4.78, 5) is 12.2. The number of hydrogen-bond acceptors (Lipinski definition) is 2. The predicted octanol–water partition coefficient (Wildman–Crippen LogP) is 3.82. The molecule has 0 unspecified atom stereocenters. The van der Waals surface area contributed by atoms with E-state index in [0.29, 0.717) is 12.2 Å². The summed E-state index contributed by atoms with van der Waals surface area (Å²) in [6.45, 7) is 0.527. The van der Waals surface area contributed by atoms with Crippen LogP contribution >= 0.6 is 22.9 Å². The molecule has 0 aliphatic carbocycles. The van der Waals surface area contributed by atoms with Crippen LogP contribution in [0.1, 0.15) is 16.1 Å². The van der Waals surface area contributed by atoms with Gasteiger partial charge in [-0.05, 0) is 17.7 Å². The van der Waals surface area contributed by atoms with Gasteiger partial charge >= 0.3 is 0 Å². The lowest BCUT2D eigenvalue weighted by molar-refractivity contribution is 0.0943. The van der Waals surface area contributed by atoms with Gasteiger partial charge in [0.15, 0.2) is 0 Å². The predicted molar refractivity (Wildman–Crippen MR) is 83.4 cm³/mol. The van der Waals surface area contributed by atoms with Crippen molar-refractivity contribution < 1.29 is 4.79 Å². The van der Waals surface area contributed by atoms with Crippen molar-refractivity contribution >= 4 is 39.1 Å². The zero-order valence-corrected chi connectivity index (χ0v) is 12.5. The lowest BCUT2D eigenvalue weighted by atomic mass is 10.2. The van der Waals surface area contributed by atoms with E-state index >= 15 is 0 Å². The Bertz CT molecular complexity index is 761. The molecule has 0 spiro atoms. The highest BCUT2D eigenvalue weighted by molar-refractivity contribution is 7.22. The van der Waals surface area contributed by atoms with Crippen LogP contribution in [0.4, 0.5) is 0 Å². The third-order valence-electron chi connectivity index (χ3n) is 3.23. The van der Waals surface area contributed by atoms with E-state index in [4.69, 9.17) is 11.6 Å². The summed E-state index contributed by atoms with van der Waals surface area (Å²) in [6, 6.07) is 13.6. The summed E-state index contributed by atoms with van der Waals surface area (Å²) < 4.78 is 3.64. The van der Waals surface area contributed by atoms with Crippen LogP contribution in [-0.4, -0.2) is 10.5 Å². The molecule has 102 valence electrons. The number of carbonyl (C=O) groups excluding carboxylic acids is 1. The number of carbonyl (C=O) groups is 1. The number of rotatable bonds is 3. The van der Waals surface area contributed by atoms with Gasteiger partial charge in [0.05, 0.1) is 14.6 Å². The first-order valence-electron chi connectivity index (χ1n) is 6.22. The number of nitrogens with one attached hydrogen (secondary N) is 1. The van der Waals surface area contributed by atoms with Crippen molar-refractivity contribution in [3.63, 3.8) is 0 Å². The van der Waals surface area contributed by atoms with Crippen molar-refractivity contribution in [2.24, 2.45) is 7.05 Å². The van der Waals surface area contributed by atoms with Crippen LogP contribution in [0.3, 0.4) is 0 Å². The van der Waals surface area contributed by atoms with Gasteiger partial charge in [-0.15, -0.1) is 11.3 Å². The van der Waals surface area contributed by atoms with Crippen molar-refractivity contribution in [2.75, 3.05) is 0 Å². The topological polar surface area (TPSA) is 34.0 Å². The average Bonchev–Trinajstić information content (AvgIpc) is 2.96. The number of thiophene rings is 1. The molecule has 0 atom stereocenters. The maximum Gasteiger partial charge on any atom is 0.268 e. The highest BCUT2D eigenvalue weighted by Crippen LogP contribution is 2.31. The Morgan fingerprint density at radius 1 is 1.30 bits per heavy atom. The van der Waals surface area contributed by atoms with Crippen LogP contribution in [-0.2, 0) is 13.6 Å². The Labute approximate surface area is 125 Å². The molecule has 5 heteroatoms. The molecule has 0 bridgehead atoms. The average molecular weight is 305 g/mol. The molecule has 3 aromatic rings. The molecular weight excluding hydrogens is 292 g/mol. The number of halogens is 1. The molecule has 0 radical (unpaired) electrons. The zero-order valence-electron chi connectivity index (χ0n) is 10.9. The molecule has 0 aliphatic heterocycles. The second kappa shape index (κ2) is 5.31. The molecule has 3 rings (SSSR count). The second-order valence-electron chi connectivity index (χ2n) is 4.56. The van der Waals surface area contributed by atoms with Crippen LogP contribution in [0.5, 0.6) is 0 Å². The van der Waals surface area contributed by atoms with E-state index in [2.05, 4.69) is 5.32 Å². The summed E-state index contributed by atoms with van der Waals surface area (Å²) in [5.74, 6) is -0.0733. The van der Waals surface area contributed by atoms with Crippen molar-refractivity contribution in [1.82, 2.24) is 9.88 Å². The van der Waals surface area contributed by atoms with Gasteiger partial charge in [0, 0.05) is 13.6 Å². The summed E-state index contributed by atoms with van der Waals surface area (Å²) in [5.41, 5.74) is 2.73. The van der Waals surface area contributed by atoms with E-state index in [1.165, 1.54) is 11.3 Å². The molecule has 2 heterocycles. The minimum atomic E-state index is -0.0733. The maximum atomic E-state index is 12.2. The molecule has 0 aliphatic rings. The number of hydrogen-bond donors (Lipinski definition) is 1. The Kier molecular flexibility index (Phi) is 3.51. The van der Waals surface area contributed by atoms with Crippen LogP contribution in [0.15, 0.2) is 42.5 Å². The molecule has 1 N–H and O–H groups in total.